The van der Waals surface area contributed by atoms with Crippen LogP contribution in [0.1, 0.15) is 20.3 Å². The molecule has 1 aliphatic rings. The minimum absolute atomic E-state index is 0.113. The van der Waals surface area contributed by atoms with Gasteiger partial charge in [0.2, 0.25) is 0 Å². The third-order valence-corrected chi connectivity index (χ3v) is 3.55. The van der Waals surface area contributed by atoms with Gasteiger partial charge < -0.3 is 4.90 Å². The lowest BCUT2D eigenvalue weighted by atomic mass is 10.4. The van der Waals surface area contributed by atoms with Crippen molar-refractivity contribution in [3.8, 4) is 0 Å². The molecule has 74 valence electrons. The molecule has 0 saturated carbocycles. The van der Waals surface area contributed by atoms with Crippen molar-refractivity contribution in [2.75, 3.05) is 26.4 Å². The summed E-state index contributed by atoms with van der Waals surface area (Å²) >= 11 is 0. The van der Waals surface area contributed by atoms with Crippen LogP contribution in [0.5, 0.6) is 0 Å². The van der Waals surface area contributed by atoms with Gasteiger partial charge >= 0.3 is 0 Å². The first-order valence-electron chi connectivity index (χ1n) is 4.37. The third-order valence-electron chi connectivity index (χ3n) is 1.95. The molecular formula is C8H19NO2S. The van der Waals surface area contributed by atoms with Crippen LogP contribution in [0.15, 0.2) is 0 Å². The van der Waals surface area contributed by atoms with Gasteiger partial charge in [0.25, 0.3) is 0 Å². The molecule has 1 rings (SSSR count). The van der Waals surface area contributed by atoms with Gasteiger partial charge in [-0.1, -0.05) is 13.8 Å². The van der Waals surface area contributed by atoms with E-state index in [2.05, 4.69) is 0 Å². The van der Waals surface area contributed by atoms with E-state index in [0.717, 1.165) is 13.0 Å². The largest absolute Gasteiger partial charge is 0.305 e. The van der Waals surface area contributed by atoms with Crippen LogP contribution in [0.25, 0.3) is 0 Å². The van der Waals surface area contributed by atoms with Crippen molar-refractivity contribution >= 4 is 9.84 Å². The maximum Gasteiger partial charge on any atom is 0.151 e. The standard InChI is InChI=1S/C6H13NO2S.C2H6/c1-7-4-3-6(5-7)10(2,8)9;1-2/h6H,3-5H2,1-2H3;1-2H3. The summed E-state index contributed by atoms with van der Waals surface area (Å²) in [6.07, 6.45) is 2.12. The molecule has 1 unspecified atom stereocenters. The smallest absolute Gasteiger partial charge is 0.151 e. The molecule has 1 saturated heterocycles. The highest BCUT2D eigenvalue weighted by atomic mass is 32.2. The Morgan fingerprint density at radius 1 is 1.33 bits per heavy atom. The normalized spacial score (nSPS) is 24.8. The van der Waals surface area contributed by atoms with Gasteiger partial charge in [0.05, 0.1) is 5.25 Å². The van der Waals surface area contributed by atoms with Crippen molar-refractivity contribution in [1.82, 2.24) is 4.90 Å². The molecule has 0 aromatic rings. The van der Waals surface area contributed by atoms with Gasteiger partial charge in [-0.15, -0.1) is 0 Å². The number of nitrogens with zero attached hydrogens (tertiary/aromatic N) is 1. The lowest BCUT2D eigenvalue weighted by Gasteiger charge is -2.06. The van der Waals surface area contributed by atoms with E-state index >= 15 is 0 Å². The third kappa shape index (κ3) is 3.54. The highest BCUT2D eigenvalue weighted by Crippen LogP contribution is 2.13. The summed E-state index contributed by atoms with van der Waals surface area (Å²) in [4.78, 5) is 2.05. The average molecular weight is 193 g/mol. The molecule has 3 nitrogen and oxygen atoms in total. The van der Waals surface area contributed by atoms with E-state index in [4.69, 9.17) is 0 Å². The summed E-state index contributed by atoms with van der Waals surface area (Å²) in [7, 11) is -0.828. The summed E-state index contributed by atoms with van der Waals surface area (Å²) in [6.45, 7) is 5.62. The van der Waals surface area contributed by atoms with Crippen LogP contribution in [0, 0.1) is 0 Å². The molecule has 0 aliphatic carbocycles. The van der Waals surface area contributed by atoms with Crippen LogP contribution in [0.4, 0.5) is 0 Å². The maximum absolute atomic E-state index is 11.0. The van der Waals surface area contributed by atoms with E-state index in [0.29, 0.717) is 6.54 Å². The molecule has 0 aromatic heterocycles. The summed E-state index contributed by atoms with van der Waals surface area (Å²) in [5.41, 5.74) is 0. The lowest BCUT2D eigenvalue weighted by molar-refractivity contribution is 0.417. The zero-order valence-electron chi connectivity index (χ0n) is 8.37. The lowest BCUT2D eigenvalue weighted by Crippen LogP contribution is -2.23. The first-order valence-corrected chi connectivity index (χ1v) is 6.33. The van der Waals surface area contributed by atoms with E-state index in [9.17, 15) is 8.42 Å². The molecule has 1 heterocycles. The Morgan fingerprint density at radius 2 is 1.83 bits per heavy atom. The molecule has 0 bridgehead atoms. The van der Waals surface area contributed by atoms with Crippen LogP contribution in [0.2, 0.25) is 0 Å². The molecule has 1 aliphatic heterocycles. The summed E-state index contributed by atoms with van der Waals surface area (Å²) in [6, 6.07) is 0. The van der Waals surface area contributed by atoms with Gasteiger partial charge in [0.1, 0.15) is 0 Å². The molecule has 0 radical (unpaired) electrons. The van der Waals surface area contributed by atoms with Gasteiger partial charge in [-0.2, -0.15) is 0 Å². The first kappa shape index (κ1) is 11.9. The number of sulfone groups is 1. The molecule has 1 fully saturated rings. The molecule has 0 spiro atoms. The highest BCUT2D eigenvalue weighted by molar-refractivity contribution is 7.91. The number of likely N-dealkylation sites (tertiary alicyclic amines) is 1. The highest BCUT2D eigenvalue weighted by Gasteiger charge is 2.27. The SMILES string of the molecule is CC.CN1CCC(S(C)(=O)=O)C1. The van der Waals surface area contributed by atoms with E-state index < -0.39 is 9.84 Å². The van der Waals surface area contributed by atoms with Crippen molar-refractivity contribution in [2.24, 2.45) is 0 Å². The predicted molar refractivity (Wildman–Crippen MR) is 52.1 cm³/mol. The van der Waals surface area contributed by atoms with E-state index in [1.807, 2.05) is 25.8 Å². The Labute approximate surface area is 75.7 Å². The van der Waals surface area contributed by atoms with Crippen molar-refractivity contribution < 1.29 is 8.42 Å². The Bertz CT molecular complexity index is 211. The van der Waals surface area contributed by atoms with E-state index in [-0.39, 0.29) is 5.25 Å². The Kier molecular flexibility index (Phi) is 4.78. The van der Waals surface area contributed by atoms with Crippen molar-refractivity contribution in [3.63, 3.8) is 0 Å². The second kappa shape index (κ2) is 4.82. The van der Waals surface area contributed by atoms with E-state index in [1.165, 1.54) is 6.26 Å². The first-order chi connectivity index (χ1) is 5.50. The monoisotopic (exact) mass is 193 g/mol. The van der Waals surface area contributed by atoms with Crippen LogP contribution in [-0.2, 0) is 9.84 Å². The quantitative estimate of drug-likeness (QED) is 0.617. The number of hydrogen-bond donors (Lipinski definition) is 0. The van der Waals surface area contributed by atoms with Gasteiger partial charge in [0, 0.05) is 12.8 Å². The van der Waals surface area contributed by atoms with Crippen LogP contribution < -0.4 is 0 Å². The minimum Gasteiger partial charge on any atom is -0.305 e. The Morgan fingerprint density at radius 3 is 2.00 bits per heavy atom. The molecule has 4 heteroatoms. The molecular weight excluding hydrogens is 174 g/mol. The minimum atomic E-state index is -2.78. The maximum atomic E-state index is 11.0. The van der Waals surface area contributed by atoms with Gasteiger partial charge in [-0.3, -0.25) is 0 Å². The van der Waals surface area contributed by atoms with Crippen molar-refractivity contribution in [2.45, 2.75) is 25.5 Å². The fraction of sp³-hybridized carbons (Fsp3) is 1.00. The van der Waals surface area contributed by atoms with Crippen molar-refractivity contribution in [1.29, 1.82) is 0 Å². The van der Waals surface area contributed by atoms with Crippen LogP contribution >= 0.6 is 0 Å². The topological polar surface area (TPSA) is 37.4 Å². The Balaban J connectivity index is 0.000000561. The fourth-order valence-corrected chi connectivity index (χ4v) is 2.30. The van der Waals surface area contributed by atoms with E-state index in [1.54, 1.807) is 0 Å². The van der Waals surface area contributed by atoms with Gasteiger partial charge in [0.15, 0.2) is 9.84 Å². The second-order valence-electron chi connectivity index (χ2n) is 3.00. The number of rotatable bonds is 1. The van der Waals surface area contributed by atoms with Crippen LogP contribution in [0.3, 0.4) is 0 Å². The molecule has 1 atom stereocenters. The summed E-state index contributed by atoms with van der Waals surface area (Å²) in [5, 5.41) is -0.113. The van der Waals surface area contributed by atoms with Gasteiger partial charge in [-0.25, -0.2) is 8.42 Å². The zero-order chi connectivity index (χ0) is 9.78. The molecule has 0 N–H and O–H groups in total. The molecule has 12 heavy (non-hydrogen) atoms. The second-order valence-corrected chi connectivity index (χ2v) is 5.33. The van der Waals surface area contributed by atoms with Crippen LogP contribution in [-0.4, -0.2) is 45.0 Å². The average Bonchev–Trinajstić information content (AvgIpc) is 2.39. The zero-order valence-corrected chi connectivity index (χ0v) is 9.19. The van der Waals surface area contributed by atoms with Crippen molar-refractivity contribution in [3.05, 3.63) is 0 Å². The molecule has 0 aromatic carbocycles. The van der Waals surface area contributed by atoms with Gasteiger partial charge in [-0.05, 0) is 20.0 Å². The molecule has 0 amide bonds. The summed E-state index contributed by atoms with van der Waals surface area (Å²) in [5.74, 6) is 0. The number of hydrogen-bond acceptors (Lipinski definition) is 3. The summed E-state index contributed by atoms with van der Waals surface area (Å²) < 4.78 is 21.9. The Hall–Kier alpha value is -0.0900. The predicted octanol–water partition coefficient (Wildman–Crippen LogP) is 0.761. The fourth-order valence-electron chi connectivity index (χ4n) is 1.24.